The Kier molecular flexibility index (Phi) is 3.31. The van der Waals surface area contributed by atoms with Crippen molar-refractivity contribution in [1.82, 2.24) is 9.97 Å². The van der Waals surface area contributed by atoms with Crippen LogP contribution in [0.25, 0.3) is 10.9 Å². The molecule has 0 bridgehead atoms. The van der Waals surface area contributed by atoms with Crippen LogP contribution in [0.4, 0.5) is 0 Å². The molecule has 0 saturated heterocycles. The Hall–Kier alpha value is -0.960. The molecule has 1 aromatic heterocycles. The van der Waals surface area contributed by atoms with E-state index in [9.17, 15) is 0 Å². The number of benzene rings is 1. The van der Waals surface area contributed by atoms with Gasteiger partial charge in [-0.1, -0.05) is 29.3 Å². The zero-order valence-electron chi connectivity index (χ0n) is 8.70. The summed E-state index contributed by atoms with van der Waals surface area (Å²) in [6.07, 6.45) is 5.21. The fourth-order valence-corrected chi connectivity index (χ4v) is 1.88. The molecule has 0 spiro atoms. The molecule has 0 saturated carbocycles. The van der Waals surface area contributed by atoms with Crippen molar-refractivity contribution >= 4 is 26.8 Å². The Morgan fingerprint density at radius 3 is 3.00 bits per heavy atom. The maximum atomic E-state index is 4.52. The zero-order chi connectivity index (χ0) is 10.7. The van der Waals surface area contributed by atoms with Crippen LogP contribution in [0.2, 0.25) is 0 Å². The average molecular weight is 265 g/mol. The lowest BCUT2D eigenvalue weighted by Gasteiger charge is -2.01. The van der Waals surface area contributed by atoms with E-state index in [4.69, 9.17) is 0 Å². The lowest BCUT2D eigenvalue weighted by molar-refractivity contribution is 0.757. The molecule has 2 aromatic rings. The van der Waals surface area contributed by atoms with E-state index < -0.39 is 0 Å². The Labute approximate surface area is 97.9 Å². The molecule has 0 N–H and O–H groups in total. The number of halogens is 1. The van der Waals surface area contributed by atoms with Crippen molar-refractivity contribution in [3.63, 3.8) is 0 Å². The summed E-state index contributed by atoms with van der Waals surface area (Å²) in [4.78, 5) is 8.88. The number of aromatic nitrogens is 2. The van der Waals surface area contributed by atoms with E-state index in [2.05, 4.69) is 32.8 Å². The normalized spacial score (nSPS) is 10.8. The second kappa shape index (κ2) is 4.71. The molecule has 1 heterocycles. The van der Waals surface area contributed by atoms with E-state index >= 15 is 0 Å². The van der Waals surface area contributed by atoms with Gasteiger partial charge >= 0.3 is 0 Å². The predicted octanol–water partition coefficient (Wildman–Crippen LogP) is 3.73. The van der Waals surface area contributed by atoms with Crippen LogP contribution in [0, 0.1) is 0 Å². The van der Waals surface area contributed by atoms with E-state index in [1.54, 1.807) is 0 Å². The van der Waals surface area contributed by atoms with E-state index in [1.807, 2.05) is 24.4 Å². The first kappa shape index (κ1) is 10.6. The molecule has 0 fully saturated rings. The number of fused-ring (bicyclic) bond motifs is 1. The van der Waals surface area contributed by atoms with Crippen molar-refractivity contribution in [2.75, 3.05) is 0 Å². The van der Waals surface area contributed by atoms with E-state index in [0.717, 1.165) is 34.0 Å². The van der Waals surface area contributed by atoms with Gasteiger partial charge in [-0.05, 0) is 24.6 Å². The van der Waals surface area contributed by atoms with Crippen LogP contribution in [0.3, 0.4) is 0 Å². The number of rotatable bonds is 3. The molecule has 0 atom stereocenters. The van der Waals surface area contributed by atoms with Gasteiger partial charge in [0.1, 0.15) is 5.82 Å². The van der Waals surface area contributed by atoms with E-state index in [1.165, 1.54) is 6.42 Å². The molecule has 15 heavy (non-hydrogen) atoms. The lowest BCUT2D eigenvalue weighted by Crippen LogP contribution is -1.94. The first-order valence-corrected chi connectivity index (χ1v) is 6.00. The third-order valence-corrected chi connectivity index (χ3v) is 2.84. The summed E-state index contributed by atoms with van der Waals surface area (Å²) >= 11 is 3.44. The Bertz CT molecular complexity index is 468. The monoisotopic (exact) mass is 264 g/mol. The minimum Gasteiger partial charge on any atom is -0.241 e. The summed E-state index contributed by atoms with van der Waals surface area (Å²) in [5.41, 5.74) is 1.03. The fraction of sp³-hybridized carbons (Fsp3) is 0.333. The second-order valence-corrected chi connectivity index (χ2v) is 4.51. The van der Waals surface area contributed by atoms with Crippen LogP contribution >= 0.6 is 15.9 Å². The van der Waals surface area contributed by atoms with Gasteiger partial charge in [0, 0.05) is 22.5 Å². The number of nitrogens with zero attached hydrogens (tertiary/aromatic N) is 2. The smallest absolute Gasteiger partial charge is 0.128 e. The van der Waals surface area contributed by atoms with Crippen LogP contribution in [0.5, 0.6) is 0 Å². The summed E-state index contributed by atoms with van der Waals surface area (Å²) in [5.74, 6) is 0.951. The third-order valence-electron chi connectivity index (χ3n) is 2.35. The fourth-order valence-electron chi connectivity index (χ4n) is 1.50. The summed E-state index contributed by atoms with van der Waals surface area (Å²) in [5, 5.41) is 1.09. The second-order valence-electron chi connectivity index (χ2n) is 3.59. The van der Waals surface area contributed by atoms with Crippen molar-refractivity contribution in [2.24, 2.45) is 0 Å². The Morgan fingerprint density at radius 1 is 1.33 bits per heavy atom. The highest BCUT2D eigenvalue weighted by Gasteiger charge is 1.99. The first-order valence-electron chi connectivity index (χ1n) is 5.21. The van der Waals surface area contributed by atoms with E-state index in [-0.39, 0.29) is 0 Å². The van der Waals surface area contributed by atoms with Gasteiger partial charge in [0.25, 0.3) is 0 Å². The molecule has 0 aliphatic heterocycles. The minimum absolute atomic E-state index is 0.951. The quantitative estimate of drug-likeness (QED) is 0.844. The van der Waals surface area contributed by atoms with Crippen molar-refractivity contribution in [3.05, 3.63) is 34.7 Å². The van der Waals surface area contributed by atoms with Crippen LogP contribution in [-0.2, 0) is 6.42 Å². The first-order chi connectivity index (χ1) is 7.29. The predicted molar refractivity (Wildman–Crippen MR) is 65.9 cm³/mol. The molecule has 0 aliphatic rings. The summed E-state index contributed by atoms with van der Waals surface area (Å²) in [7, 11) is 0. The van der Waals surface area contributed by atoms with Crippen LogP contribution < -0.4 is 0 Å². The molecule has 3 heteroatoms. The molecule has 1 aromatic carbocycles. The van der Waals surface area contributed by atoms with Crippen molar-refractivity contribution < 1.29 is 0 Å². The number of aryl methyl sites for hydroxylation is 1. The minimum atomic E-state index is 0.951. The van der Waals surface area contributed by atoms with Crippen LogP contribution in [0.1, 0.15) is 25.6 Å². The standard InChI is InChI=1S/C12H13BrN2/c1-2-3-4-12-14-8-9-7-10(13)5-6-11(9)15-12/h5-8H,2-4H2,1H3. The SMILES string of the molecule is CCCCc1ncc2cc(Br)ccc2n1. The molecule has 0 radical (unpaired) electrons. The largest absolute Gasteiger partial charge is 0.241 e. The Morgan fingerprint density at radius 2 is 2.20 bits per heavy atom. The molecule has 2 rings (SSSR count). The van der Waals surface area contributed by atoms with Gasteiger partial charge in [-0.25, -0.2) is 9.97 Å². The summed E-state index contributed by atoms with van der Waals surface area (Å²) < 4.78 is 1.07. The summed E-state index contributed by atoms with van der Waals surface area (Å²) in [6.45, 7) is 2.18. The molecular formula is C12H13BrN2. The van der Waals surface area contributed by atoms with Crippen molar-refractivity contribution in [3.8, 4) is 0 Å². The highest BCUT2D eigenvalue weighted by molar-refractivity contribution is 9.10. The lowest BCUT2D eigenvalue weighted by atomic mass is 10.2. The molecule has 78 valence electrons. The van der Waals surface area contributed by atoms with Crippen molar-refractivity contribution in [1.29, 1.82) is 0 Å². The third kappa shape index (κ3) is 2.53. The van der Waals surface area contributed by atoms with Crippen LogP contribution in [-0.4, -0.2) is 9.97 Å². The van der Waals surface area contributed by atoms with Gasteiger partial charge in [0.15, 0.2) is 0 Å². The highest BCUT2D eigenvalue weighted by atomic mass is 79.9. The topological polar surface area (TPSA) is 25.8 Å². The van der Waals surface area contributed by atoms with Gasteiger partial charge < -0.3 is 0 Å². The number of unbranched alkanes of at least 4 members (excludes halogenated alkanes) is 1. The van der Waals surface area contributed by atoms with Gasteiger partial charge in [0.05, 0.1) is 5.52 Å². The van der Waals surface area contributed by atoms with E-state index in [0.29, 0.717) is 0 Å². The van der Waals surface area contributed by atoms with Gasteiger partial charge in [-0.2, -0.15) is 0 Å². The van der Waals surface area contributed by atoms with Crippen LogP contribution in [0.15, 0.2) is 28.9 Å². The molecule has 2 nitrogen and oxygen atoms in total. The van der Waals surface area contributed by atoms with Gasteiger partial charge in [-0.15, -0.1) is 0 Å². The summed E-state index contributed by atoms with van der Waals surface area (Å²) in [6, 6.07) is 6.08. The van der Waals surface area contributed by atoms with Gasteiger partial charge in [0.2, 0.25) is 0 Å². The molecule has 0 amide bonds. The number of hydrogen-bond acceptors (Lipinski definition) is 2. The molecular weight excluding hydrogens is 252 g/mol. The highest BCUT2D eigenvalue weighted by Crippen LogP contribution is 2.17. The maximum absolute atomic E-state index is 4.52. The maximum Gasteiger partial charge on any atom is 0.128 e. The zero-order valence-corrected chi connectivity index (χ0v) is 10.3. The molecule has 0 unspecified atom stereocenters. The Balaban J connectivity index is 2.34. The average Bonchev–Trinajstić information content (AvgIpc) is 2.26. The van der Waals surface area contributed by atoms with Gasteiger partial charge in [-0.3, -0.25) is 0 Å². The van der Waals surface area contributed by atoms with Crippen molar-refractivity contribution in [2.45, 2.75) is 26.2 Å². The molecule has 0 aliphatic carbocycles. The number of hydrogen-bond donors (Lipinski definition) is 0.